The first kappa shape index (κ1) is 28.0. The van der Waals surface area contributed by atoms with Crippen molar-refractivity contribution < 1.29 is 44.0 Å². The second-order valence-corrected chi connectivity index (χ2v) is 12.2. The number of ether oxygens (including phenoxy) is 1. The van der Waals surface area contributed by atoms with Crippen LogP contribution in [0.5, 0.6) is 17.2 Å². The number of phenolic OH excluding ortho intramolecular Hbond substituents is 1. The lowest BCUT2D eigenvalue weighted by Crippen LogP contribution is -2.60. The highest BCUT2D eigenvalue weighted by atomic mass is 35.5. The van der Waals surface area contributed by atoms with Crippen molar-refractivity contribution in [1.82, 2.24) is 4.90 Å². The highest BCUT2D eigenvalue weighted by Gasteiger charge is 2.75. The highest BCUT2D eigenvalue weighted by molar-refractivity contribution is 6.53. The zero-order chi connectivity index (χ0) is 30.5. The van der Waals surface area contributed by atoms with Crippen LogP contribution in [0.25, 0.3) is 0 Å². The Bertz CT molecular complexity index is 1660. The number of halogens is 2. The number of anilines is 1. The van der Waals surface area contributed by atoms with Crippen LogP contribution in [0.15, 0.2) is 48.0 Å². The number of allylic oxidation sites excluding steroid dienone is 2. The molecule has 0 bridgehead atoms. The number of rotatable bonds is 4. The van der Waals surface area contributed by atoms with E-state index < -0.39 is 74.3 Å². The summed E-state index contributed by atoms with van der Waals surface area (Å²) in [7, 11) is 2.65. The second-order valence-electron chi connectivity index (χ2n) is 10.9. The Morgan fingerprint density at radius 1 is 0.976 bits per heavy atom. The number of aromatic hydroxyl groups is 2. The minimum atomic E-state index is -2.00. The van der Waals surface area contributed by atoms with Crippen molar-refractivity contribution in [2.75, 3.05) is 19.1 Å². The number of methoxy groups -OCH3 is 1. The Kier molecular flexibility index (Phi) is 6.15. The van der Waals surface area contributed by atoms with E-state index in [2.05, 4.69) is 0 Å². The van der Waals surface area contributed by atoms with Gasteiger partial charge in [0.15, 0.2) is 21.2 Å². The molecule has 11 nitrogen and oxygen atoms in total. The van der Waals surface area contributed by atoms with Crippen LogP contribution in [0.2, 0.25) is 0 Å². The summed E-state index contributed by atoms with van der Waals surface area (Å²) < 4.78 is 5.16. The molecule has 6 unspecified atom stereocenters. The molecular formula is C29H24Cl2N2O9. The first-order chi connectivity index (χ1) is 19.8. The zero-order valence-corrected chi connectivity index (χ0v) is 23.7. The van der Waals surface area contributed by atoms with Crippen molar-refractivity contribution in [2.24, 2.45) is 17.8 Å². The maximum Gasteiger partial charge on any atom is 0.339 e. The fraction of sp³-hybridized carbons (Fsp3) is 0.345. The number of hydrogen-bond donors (Lipinski definition) is 3. The van der Waals surface area contributed by atoms with E-state index in [1.165, 1.54) is 32.4 Å². The van der Waals surface area contributed by atoms with Gasteiger partial charge in [-0.1, -0.05) is 17.7 Å². The second kappa shape index (κ2) is 9.20. The van der Waals surface area contributed by atoms with E-state index in [0.717, 1.165) is 21.9 Å². The fourth-order valence-electron chi connectivity index (χ4n) is 7.10. The molecule has 4 aliphatic rings. The summed E-state index contributed by atoms with van der Waals surface area (Å²) in [4.78, 5) is 63.9. The number of phenols is 2. The third-order valence-corrected chi connectivity index (χ3v) is 10.4. The molecule has 218 valence electrons. The van der Waals surface area contributed by atoms with Crippen LogP contribution in [0.1, 0.15) is 34.7 Å². The SMILES string of the molecule is COc1ccc(C2C3=CCC4C(=O)N(c5ccc(C(=O)O)c(O)c5)C(=O)C4C3CC3(Cl)C(=O)N(C)C(=O)C23Cl)cc1O. The predicted octanol–water partition coefficient (Wildman–Crippen LogP) is 3.00. The van der Waals surface area contributed by atoms with Gasteiger partial charge in [-0.2, -0.15) is 0 Å². The lowest BCUT2D eigenvalue weighted by Gasteiger charge is -2.50. The smallest absolute Gasteiger partial charge is 0.339 e. The summed E-state index contributed by atoms with van der Waals surface area (Å²) in [6, 6.07) is 7.85. The summed E-state index contributed by atoms with van der Waals surface area (Å²) in [5.74, 6) is -8.38. The molecule has 2 heterocycles. The van der Waals surface area contributed by atoms with Gasteiger partial charge in [0.05, 0.1) is 24.6 Å². The number of fused-ring (bicyclic) bond motifs is 4. The normalized spacial score (nSPS) is 32.0. The van der Waals surface area contributed by atoms with Crippen LogP contribution in [0.3, 0.4) is 0 Å². The third-order valence-electron chi connectivity index (χ3n) is 9.02. The predicted molar refractivity (Wildman–Crippen MR) is 148 cm³/mol. The van der Waals surface area contributed by atoms with Crippen molar-refractivity contribution in [3.05, 3.63) is 59.2 Å². The summed E-state index contributed by atoms with van der Waals surface area (Å²) in [5, 5.41) is 30.1. The number of carboxylic acid groups (broad SMARTS) is 1. The number of nitrogens with zero attached hydrogens (tertiary/aromatic N) is 2. The van der Waals surface area contributed by atoms with Gasteiger partial charge in [0.2, 0.25) is 11.8 Å². The lowest BCUT2D eigenvalue weighted by atomic mass is 9.56. The van der Waals surface area contributed by atoms with Crippen LogP contribution in [-0.4, -0.2) is 73.7 Å². The number of benzene rings is 2. The van der Waals surface area contributed by atoms with Gasteiger partial charge < -0.3 is 20.1 Å². The highest BCUT2D eigenvalue weighted by Crippen LogP contribution is 2.65. The van der Waals surface area contributed by atoms with Crippen molar-refractivity contribution >= 4 is 58.5 Å². The van der Waals surface area contributed by atoms with E-state index in [1.807, 2.05) is 0 Å². The summed E-state index contributed by atoms with van der Waals surface area (Å²) >= 11 is 14.2. The summed E-state index contributed by atoms with van der Waals surface area (Å²) in [6.07, 6.45) is 1.64. The molecule has 0 radical (unpaired) electrons. The molecule has 2 aliphatic heterocycles. The first-order valence-corrected chi connectivity index (χ1v) is 13.7. The number of carbonyl (C=O) groups is 5. The minimum absolute atomic E-state index is 0.00461. The van der Waals surface area contributed by atoms with Gasteiger partial charge in [0.25, 0.3) is 11.8 Å². The molecule has 2 aliphatic carbocycles. The molecule has 0 aromatic heterocycles. The van der Waals surface area contributed by atoms with Crippen LogP contribution >= 0.6 is 23.2 Å². The summed E-state index contributed by atoms with van der Waals surface area (Å²) in [5.41, 5.74) is 0.501. The molecule has 1 saturated carbocycles. The Balaban J connectivity index is 1.49. The average molecular weight is 615 g/mol. The van der Waals surface area contributed by atoms with Crippen LogP contribution in [0.4, 0.5) is 5.69 Å². The molecule has 3 fully saturated rings. The van der Waals surface area contributed by atoms with E-state index in [4.69, 9.17) is 27.9 Å². The van der Waals surface area contributed by atoms with Gasteiger partial charge in [0.1, 0.15) is 11.3 Å². The molecule has 4 amide bonds. The molecular weight excluding hydrogens is 591 g/mol. The molecule has 6 atom stereocenters. The van der Waals surface area contributed by atoms with Gasteiger partial charge >= 0.3 is 5.97 Å². The van der Waals surface area contributed by atoms with Gasteiger partial charge in [-0.25, -0.2) is 9.69 Å². The van der Waals surface area contributed by atoms with Crippen LogP contribution in [-0.2, 0) is 19.2 Å². The average Bonchev–Trinajstić information content (AvgIpc) is 3.27. The molecule has 13 heteroatoms. The molecule has 2 aromatic rings. The van der Waals surface area contributed by atoms with Gasteiger partial charge in [-0.3, -0.25) is 24.1 Å². The quantitative estimate of drug-likeness (QED) is 0.267. The summed E-state index contributed by atoms with van der Waals surface area (Å²) in [6.45, 7) is 0. The Morgan fingerprint density at radius 2 is 1.69 bits per heavy atom. The van der Waals surface area contributed by atoms with E-state index in [1.54, 1.807) is 12.1 Å². The molecule has 42 heavy (non-hydrogen) atoms. The van der Waals surface area contributed by atoms with Crippen molar-refractivity contribution in [3.63, 3.8) is 0 Å². The first-order valence-electron chi connectivity index (χ1n) is 13.0. The number of imide groups is 2. The van der Waals surface area contributed by atoms with Crippen LogP contribution in [0, 0.1) is 17.8 Å². The Labute approximate surface area is 248 Å². The van der Waals surface area contributed by atoms with E-state index in [-0.39, 0.29) is 30.0 Å². The van der Waals surface area contributed by atoms with Gasteiger partial charge in [-0.15, -0.1) is 23.2 Å². The molecule has 6 rings (SSSR count). The standard InChI is InChI=1S/C29H24Cl2N2O9/c1-32-26(40)28(30)11-17-14(22(29(28,31)27(32)41)12-3-8-20(42-2)19(35)9-12)6-7-16-21(17)24(37)33(23(16)36)13-4-5-15(25(38)39)18(34)10-13/h3-6,8-10,16-17,21-22,34-35H,7,11H2,1-2H3,(H,38,39). The molecule has 0 spiro atoms. The van der Waals surface area contributed by atoms with Crippen LogP contribution < -0.4 is 9.64 Å². The molecule has 2 saturated heterocycles. The van der Waals surface area contributed by atoms with E-state index >= 15 is 0 Å². The van der Waals surface area contributed by atoms with Crippen molar-refractivity contribution in [2.45, 2.75) is 28.5 Å². The molecule has 3 N–H and O–H groups in total. The number of alkyl halides is 2. The number of amides is 4. The van der Waals surface area contributed by atoms with Gasteiger partial charge in [0, 0.05) is 19.0 Å². The Hall–Kier alpha value is -4.09. The topological polar surface area (TPSA) is 162 Å². The van der Waals surface area contributed by atoms with E-state index in [9.17, 15) is 39.3 Å². The third kappa shape index (κ3) is 3.43. The fourth-order valence-corrected chi connectivity index (χ4v) is 8.12. The Morgan fingerprint density at radius 3 is 2.31 bits per heavy atom. The zero-order valence-electron chi connectivity index (χ0n) is 22.2. The number of hydrogen-bond acceptors (Lipinski definition) is 8. The largest absolute Gasteiger partial charge is 0.507 e. The lowest BCUT2D eigenvalue weighted by molar-refractivity contribution is -0.138. The number of carboxylic acids is 1. The number of carbonyl (C=O) groups excluding carboxylic acids is 4. The monoisotopic (exact) mass is 614 g/mol. The number of likely N-dealkylation sites (tertiary alicyclic amines) is 1. The molecule has 2 aromatic carbocycles. The minimum Gasteiger partial charge on any atom is -0.507 e. The van der Waals surface area contributed by atoms with Crippen molar-refractivity contribution in [1.29, 1.82) is 0 Å². The van der Waals surface area contributed by atoms with Gasteiger partial charge in [-0.05, 0) is 48.6 Å². The maximum atomic E-state index is 14.0. The van der Waals surface area contributed by atoms with Crippen molar-refractivity contribution in [3.8, 4) is 17.2 Å². The number of aromatic carboxylic acids is 1. The van der Waals surface area contributed by atoms with E-state index in [0.29, 0.717) is 11.1 Å². The maximum absolute atomic E-state index is 14.0.